The Hall–Kier alpha value is -3.44. The molecule has 3 aliphatic heterocycles. The van der Waals surface area contributed by atoms with E-state index in [2.05, 4.69) is 15.6 Å². The van der Waals surface area contributed by atoms with Gasteiger partial charge in [0, 0.05) is 28.8 Å². The van der Waals surface area contributed by atoms with E-state index in [-0.39, 0.29) is 23.6 Å². The number of pyridine rings is 2. The highest BCUT2D eigenvalue weighted by Gasteiger charge is 2.33. The lowest BCUT2D eigenvalue weighted by Crippen LogP contribution is -2.32. The first-order chi connectivity index (χ1) is 17.0. The number of benzene rings is 1. The van der Waals surface area contributed by atoms with Crippen molar-refractivity contribution in [1.29, 1.82) is 0 Å². The zero-order valence-electron chi connectivity index (χ0n) is 18.6. The number of cyclic esters (lactones) is 1. The maximum Gasteiger partial charge on any atom is 0.414 e. The molecule has 11 heteroatoms. The molecule has 2 N–H and O–H groups in total. The summed E-state index contributed by atoms with van der Waals surface area (Å²) in [5.41, 5.74) is 2.93. The molecule has 1 saturated heterocycles. The van der Waals surface area contributed by atoms with Crippen molar-refractivity contribution in [3.8, 4) is 0 Å². The summed E-state index contributed by atoms with van der Waals surface area (Å²) < 4.78 is 21.5. The quantitative estimate of drug-likeness (QED) is 0.507. The molecule has 35 heavy (non-hydrogen) atoms. The molecule has 0 spiro atoms. The number of thioether (sulfide) groups is 1. The van der Waals surface area contributed by atoms with Gasteiger partial charge in [-0.25, -0.2) is 9.18 Å². The first-order valence-corrected chi connectivity index (χ1v) is 12.4. The van der Waals surface area contributed by atoms with Crippen LogP contribution in [0.15, 0.2) is 46.2 Å². The zero-order valence-corrected chi connectivity index (χ0v) is 19.4. The van der Waals surface area contributed by atoms with Crippen LogP contribution >= 0.6 is 11.8 Å². The Morgan fingerprint density at radius 3 is 3.00 bits per heavy atom. The molecule has 2 atom stereocenters. The Balaban J connectivity index is 1.06. The summed E-state index contributed by atoms with van der Waals surface area (Å²) in [5.74, 6) is -0.0662. The van der Waals surface area contributed by atoms with Crippen LogP contribution in [0.25, 0.3) is 11.0 Å². The third-order valence-corrected chi connectivity index (χ3v) is 7.68. The second kappa shape index (κ2) is 8.65. The molecule has 0 aliphatic carbocycles. The van der Waals surface area contributed by atoms with Gasteiger partial charge >= 0.3 is 6.09 Å². The average Bonchev–Trinajstić information content (AvgIpc) is 3.42. The fourth-order valence-corrected chi connectivity index (χ4v) is 5.75. The number of rotatable bonds is 6. The molecule has 5 heterocycles. The minimum Gasteiger partial charge on any atom is -0.444 e. The molecule has 180 valence electrons. The van der Waals surface area contributed by atoms with Crippen molar-refractivity contribution in [2.75, 3.05) is 35.6 Å². The predicted octanol–water partition coefficient (Wildman–Crippen LogP) is 2.68. The molecule has 2 amide bonds. The first-order valence-electron chi connectivity index (χ1n) is 11.4. The number of anilines is 2. The average molecular weight is 496 g/mol. The van der Waals surface area contributed by atoms with Crippen LogP contribution in [0.1, 0.15) is 18.0 Å². The lowest BCUT2D eigenvalue weighted by molar-refractivity contribution is -0.113. The van der Waals surface area contributed by atoms with Crippen LogP contribution in [0.2, 0.25) is 0 Å². The van der Waals surface area contributed by atoms with Gasteiger partial charge in [-0.1, -0.05) is 0 Å². The number of hydrogen-bond acceptors (Lipinski definition) is 7. The summed E-state index contributed by atoms with van der Waals surface area (Å²) in [7, 11) is 0. The lowest BCUT2D eigenvalue weighted by atomic mass is 10.1. The number of carbonyl (C=O) groups is 2. The maximum atomic E-state index is 14.3. The third-order valence-electron chi connectivity index (χ3n) is 6.61. The molecular weight excluding hydrogens is 473 g/mol. The summed E-state index contributed by atoms with van der Waals surface area (Å²) in [6, 6.07) is 8.44. The molecule has 0 bridgehead atoms. The molecule has 0 unspecified atom stereocenters. The minimum atomic E-state index is -0.419. The number of halogens is 1. The highest BCUT2D eigenvalue weighted by Crippen LogP contribution is 2.36. The molecule has 3 aromatic rings. The van der Waals surface area contributed by atoms with Crippen molar-refractivity contribution < 1.29 is 18.7 Å². The Kier molecular flexibility index (Phi) is 5.45. The smallest absolute Gasteiger partial charge is 0.414 e. The Bertz CT molecular complexity index is 1430. The summed E-state index contributed by atoms with van der Waals surface area (Å²) in [5, 5.41) is 6.17. The third kappa shape index (κ3) is 3.94. The number of carbonyl (C=O) groups excluding carboxylic acids is 2. The molecule has 1 fully saturated rings. The summed E-state index contributed by atoms with van der Waals surface area (Å²) in [6.45, 7) is 1.46. The molecule has 6 rings (SSSR count). The van der Waals surface area contributed by atoms with Crippen LogP contribution in [0.3, 0.4) is 0 Å². The van der Waals surface area contributed by atoms with E-state index < -0.39 is 11.9 Å². The Morgan fingerprint density at radius 2 is 2.11 bits per heavy atom. The van der Waals surface area contributed by atoms with E-state index in [1.807, 2.05) is 12.1 Å². The summed E-state index contributed by atoms with van der Waals surface area (Å²) in [4.78, 5) is 43.3. The number of amides is 2. The van der Waals surface area contributed by atoms with Crippen molar-refractivity contribution in [3.63, 3.8) is 0 Å². The predicted molar refractivity (Wildman–Crippen MR) is 130 cm³/mol. The summed E-state index contributed by atoms with van der Waals surface area (Å²) in [6.07, 6.45) is 1.52. The molecule has 0 saturated carbocycles. The number of hydrogen-bond donors (Lipinski definition) is 2. The van der Waals surface area contributed by atoms with E-state index in [9.17, 15) is 18.8 Å². The molecule has 2 aromatic heterocycles. The number of ether oxygens (including phenoxy) is 1. The van der Waals surface area contributed by atoms with Crippen molar-refractivity contribution in [2.24, 2.45) is 0 Å². The van der Waals surface area contributed by atoms with Crippen LogP contribution in [-0.4, -0.2) is 53.0 Å². The molecule has 1 aromatic carbocycles. The molecular formula is C24H22FN5O4S. The SMILES string of the molecule is O=C1CSc2ccc(N3C[C@@H](CCNC[C@@H]4Cc5c(F)cnc6ccc(=O)n4c56)OC3=O)cc2N1. The normalized spacial score (nSPS) is 20.8. The van der Waals surface area contributed by atoms with Crippen LogP contribution < -0.4 is 21.1 Å². The van der Waals surface area contributed by atoms with E-state index in [4.69, 9.17) is 4.74 Å². The van der Waals surface area contributed by atoms with E-state index in [0.717, 1.165) is 4.90 Å². The van der Waals surface area contributed by atoms with E-state index in [1.54, 1.807) is 21.6 Å². The van der Waals surface area contributed by atoms with Gasteiger partial charge in [-0.2, -0.15) is 0 Å². The minimum absolute atomic E-state index is 0.0598. The summed E-state index contributed by atoms with van der Waals surface area (Å²) >= 11 is 1.47. The van der Waals surface area contributed by atoms with Gasteiger partial charge in [-0.05, 0) is 43.7 Å². The molecule has 3 aliphatic rings. The van der Waals surface area contributed by atoms with Crippen molar-refractivity contribution >= 4 is 46.2 Å². The van der Waals surface area contributed by atoms with Gasteiger partial charge < -0.3 is 19.9 Å². The highest BCUT2D eigenvalue weighted by molar-refractivity contribution is 8.00. The van der Waals surface area contributed by atoms with Gasteiger partial charge in [0.05, 0.1) is 41.3 Å². The first kappa shape index (κ1) is 22.1. The van der Waals surface area contributed by atoms with Gasteiger partial charge in [0.2, 0.25) is 5.91 Å². The van der Waals surface area contributed by atoms with Crippen LogP contribution in [0.5, 0.6) is 0 Å². The van der Waals surface area contributed by atoms with E-state index in [1.165, 1.54) is 24.0 Å². The number of fused-ring (bicyclic) bond motifs is 1. The van der Waals surface area contributed by atoms with Crippen LogP contribution in [0, 0.1) is 5.82 Å². The van der Waals surface area contributed by atoms with Gasteiger partial charge in [0.25, 0.3) is 5.56 Å². The fourth-order valence-electron chi connectivity index (χ4n) is 4.96. The number of nitrogens with zero attached hydrogens (tertiary/aromatic N) is 3. The van der Waals surface area contributed by atoms with Gasteiger partial charge in [0.15, 0.2) is 0 Å². The fraction of sp³-hybridized carbons (Fsp3) is 0.333. The second-order valence-corrected chi connectivity index (χ2v) is 9.86. The number of aromatic nitrogens is 2. The van der Waals surface area contributed by atoms with Crippen molar-refractivity contribution in [3.05, 3.63) is 58.3 Å². The topological polar surface area (TPSA) is 106 Å². The van der Waals surface area contributed by atoms with E-state index >= 15 is 0 Å². The van der Waals surface area contributed by atoms with Crippen molar-refractivity contribution in [1.82, 2.24) is 14.9 Å². The van der Waals surface area contributed by atoms with Gasteiger partial charge in [-0.3, -0.25) is 19.5 Å². The maximum absolute atomic E-state index is 14.3. The van der Waals surface area contributed by atoms with Gasteiger partial charge in [0.1, 0.15) is 11.9 Å². The largest absolute Gasteiger partial charge is 0.444 e. The van der Waals surface area contributed by atoms with Crippen LogP contribution in [0.4, 0.5) is 20.6 Å². The Labute approximate surface area is 203 Å². The molecule has 9 nitrogen and oxygen atoms in total. The number of nitrogens with one attached hydrogen (secondary N) is 2. The highest BCUT2D eigenvalue weighted by atomic mass is 32.2. The van der Waals surface area contributed by atoms with E-state index in [0.29, 0.717) is 66.2 Å². The zero-order chi connectivity index (χ0) is 24.1. The lowest BCUT2D eigenvalue weighted by Gasteiger charge is -2.20. The van der Waals surface area contributed by atoms with Crippen molar-refractivity contribution in [2.45, 2.75) is 29.9 Å². The second-order valence-electron chi connectivity index (χ2n) is 8.84. The van der Waals surface area contributed by atoms with Gasteiger partial charge in [-0.15, -0.1) is 11.8 Å². The molecule has 0 radical (unpaired) electrons. The van der Waals surface area contributed by atoms with Crippen LogP contribution in [-0.2, 0) is 16.0 Å². The Morgan fingerprint density at radius 1 is 1.23 bits per heavy atom. The monoisotopic (exact) mass is 495 g/mol. The standard InChI is InChI=1S/C24H22FN5O4S/c25-17-10-27-18-2-4-22(32)30-14(7-16(17)23(18)30)9-26-6-5-15-11-29(24(33)34-15)13-1-3-20-19(8-13)28-21(31)12-35-20/h1-4,8,10,14-15,26H,5-7,9,11-12H2,(H,28,31)/t14-,15+/m0/s1.